The SMILES string of the molecule is O=C(O)[C@H]1CCCN1c1cc(N2CCSCC2)ncn1. The third kappa shape index (κ3) is 2.67. The summed E-state index contributed by atoms with van der Waals surface area (Å²) >= 11 is 1.95. The lowest BCUT2D eigenvalue weighted by atomic mass is 10.2. The summed E-state index contributed by atoms with van der Waals surface area (Å²) < 4.78 is 0. The molecule has 2 saturated heterocycles. The van der Waals surface area contributed by atoms with Crippen LogP contribution in [0.3, 0.4) is 0 Å². The maximum absolute atomic E-state index is 11.3. The smallest absolute Gasteiger partial charge is 0.326 e. The van der Waals surface area contributed by atoms with E-state index in [2.05, 4.69) is 14.9 Å². The first kappa shape index (κ1) is 13.5. The monoisotopic (exact) mass is 294 g/mol. The first-order valence-electron chi connectivity index (χ1n) is 6.90. The van der Waals surface area contributed by atoms with Gasteiger partial charge in [0.05, 0.1) is 0 Å². The van der Waals surface area contributed by atoms with E-state index in [9.17, 15) is 9.90 Å². The van der Waals surface area contributed by atoms with Crippen molar-refractivity contribution < 1.29 is 9.90 Å². The lowest BCUT2D eigenvalue weighted by Crippen LogP contribution is -2.37. The number of rotatable bonds is 3. The van der Waals surface area contributed by atoms with Crippen LogP contribution in [0, 0.1) is 0 Å². The molecule has 0 unspecified atom stereocenters. The van der Waals surface area contributed by atoms with E-state index < -0.39 is 12.0 Å². The Kier molecular flexibility index (Phi) is 3.95. The third-order valence-corrected chi connectivity index (χ3v) is 4.75. The van der Waals surface area contributed by atoms with Gasteiger partial charge in [0.2, 0.25) is 0 Å². The summed E-state index contributed by atoms with van der Waals surface area (Å²) in [4.78, 5) is 24.0. The molecule has 0 saturated carbocycles. The number of aliphatic carboxylic acids is 1. The molecule has 3 heterocycles. The van der Waals surface area contributed by atoms with Gasteiger partial charge < -0.3 is 14.9 Å². The molecule has 108 valence electrons. The highest BCUT2D eigenvalue weighted by Gasteiger charge is 2.31. The zero-order chi connectivity index (χ0) is 13.9. The quantitative estimate of drug-likeness (QED) is 0.894. The van der Waals surface area contributed by atoms with Crippen LogP contribution in [0.2, 0.25) is 0 Å². The normalized spacial score (nSPS) is 23.1. The summed E-state index contributed by atoms with van der Waals surface area (Å²) in [5, 5.41) is 9.26. The molecule has 1 atom stereocenters. The first-order valence-corrected chi connectivity index (χ1v) is 8.05. The Balaban J connectivity index is 1.81. The number of hydrogen-bond acceptors (Lipinski definition) is 6. The molecule has 2 aliphatic rings. The van der Waals surface area contributed by atoms with Gasteiger partial charge in [-0.25, -0.2) is 14.8 Å². The van der Waals surface area contributed by atoms with Crippen molar-refractivity contribution in [3.05, 3.63) is 12.4 Å². The molecule has 0 radical (unpaired) electrons. The van der Waals surface area contributed by atoms with Crippen LogP contribution in [-0.4, -0.2) is 58.2 Å². The average molecular weight is 294 g/mol. The predicted molar refractivity (Wildman–Crippen MR) is 79.6 cm³/mol. The fraction of sp³-hybridized carbons (Fsp3) is 0.615. The van der Waals surface area contributed by atoms with Gasteiger partial charge in [0, 0.05) is 37.2 Å². The molecule has 0 aliphatic carbocycles. The van der Waals surface area contributed by atoms with E-state index in [1.807, 2.05) is 22.7 Å². The molecular formula is C13H18N4O2S. The highest BCUT2D eigenvalue weighted by molar-refractivity contribution is 7.99. The number of thioether (sulfide) groups is 1. The molecule has 0 amide bonds. The maximum Gasteiger partial charge on any atom is 0.326 e. The molecular weight excluding hydrogens is 276 g/mol. The number of carboxylic acid groups (broad SMARTS) is 1. The maximum atomic E-state index is 11.3. The van der Waals surface area contributed by atoms with Gasteiger partial charge in [-0.2, -0.15) is 11.8 Å². The zero-order valence-corrected chi connectivity index (χ0v) is 12.1. The molecule has 0 bridgehead atoms. The predicted octanol–water partition coefficient (Wildman–Crippen LogP) is 1.08. The zero-order valence-electron chi connectivity index (χ0n) is 11.2. The van der Waals surface area contributed by atoms with Gasteiger partial charge in [0.1, 0.15) is 24.0 Å². The Hall–Kier alpha value is -1.50. The lowest BCUT2D eigenvalue weighted by Gasteiger charge is -2.29. The van der Waals surface area contributed by atoms with Gasteiger partial charge in [-0.15, -0.1) is 0 Å². The minimum absolute atomic E-state index is 0.449. The van der Waals surface area contributed by atoms with Crippen LogP contribution < -0.4 is 9.80 Å². The van der Waals surface area contributed by atoms with E-state index >= 15 is 0 Å². The van der Waals surface area contributed by atoms with E-state index in [-0.39, 0.29) is 0 Å². The molecule has 3 rings (SSSR count). The number of carbonyl (C=O) groups is 1. The van der Waals surface area contributed by atoms with Crippen molar-refractivity contribution in [3.63, 3.8) is 0 Å². The Morgan fingerprint density at radius 1 is 1.25 bits per heavy atom. The van der Waals surface area contributed by atoms with Crippen molar-refractivity contribution in [3.8, 4) is 0 Å². The number of nitrogens with zero attached hydrogens (tertiary/aromatic N) is 4. The number of hydrogen-bond donors (Lipinski definition) is 1. The minimum atomic E-state index is -0.767. The van der Waals surface area contributed by atoms with Gasteiger partial charge in [0.15, 0.2) is 0 Å². The molecule has 1 aromatic heterocycles. The summed E-state index contributed by atoms with van der Waals surface area (Å²) in [6.07, 6.45) is 3.13. The minimum Gasteiger partial charge on any atom is -0.480 e. The summed E-state index contributed by atoms with van der Waals surface area (Å²) in [6, 6.07) is 1.48. The molecule has 2 fully saturated rings. The van der Waals surface area contributed by atoms with E-state index in [0.717, 1.165) is 49.2 Å². The topological polar surface area (TPSA) is 69.6 Å². The van der Waals surface area contributed by atoms with Crippen LogP contribution in [0.25, 0.3) is 0 Å². The fourth-order valence-electron chi connectivity index (χ4n) is 2.76. The van der Waals surface area contributed by atoms with Crippen LogP contribution in [0.1, 0.15) is 12.8 Å². The standard InChI is InChI=1S/C13H18N4O2S/c18-13(19)10-2-1-3-17(10)12-8-11(14-9-15-12)16-4-6-20-7-5-16/h8-10H,1-7H2,(H,18,19)/t10-/m1/s1. The van der Waals surface area contributed by atoms with Crippen LogP contribution in [-0.2, 0) is 4.79 Å². The van der Waals surface area contributed by atoms with Crippen molar-refractivity contribution in [2.24, 2.45) is 0 Å². The van der Waals surface area contributed by atoms with Crippen molar-refractivity contribution in [1.29, 1.82) is 0 Å². The van der Waals surface area contributed by atoms with Crippen molar-refractivity contribution in [2.75, 3.05) is 40.9 Å². The highest BCUT2D eigenvalue weighted by atomic mass is 32.2. The molecule has 0 spiro atoms. The Morgan fingerprint density at radius 2 is 2.00 bits per heavy atom. The van der Waals surface area contributed by atoms with Gasteiger partial charge in [-0.1, -0.05) is 0 Å². The van der Waals surface area contributed by atoms with Gasteiger partial charge in [-0.3, -0.25) is 0 Å². The Bertz CT molecular complexity index is 493. The van der Waals surface area contributed by atoms with Gasteiger partial charge in [-0.05, 0) is 12.8 Å². The van der Waals surface area contributed by atoms with Crippen LogP contribution in [0.5, 0.6) is 0 Å². The summed E-state index contributed by atoms with van der Waals surface area (Å²) in [6.45, 7) is 2.73. The first-order chi connectivity index (χ1) is 9.75. The molecule has 0 aromatic carbocycles. The van der Waals surface area contributed by atoms with Crippen LogP contribution in [0.15, 0.2) is 12.4 Å². The van der Waals surface area contributed by atoms with Crippen LogP contribution in [0.4, 0.5) is 11.6 Å². The van der Waals surface area contributed by atoms with E-state index in [4.69, 9.17) is 0 Å². The van der Waals surface area contributed by atoms with Crippen molar-refractivity contribution in [1.82, 2.24) is 9.97 Å². The van der Waals surface area contributed by atoms with Gasteiger partial charge >= 0.3 is 5.97 Å². The summed E-state index contributed by atoms with van der Waals surface area (Å²) in [5.41, 5.74) is 0. The Labute approximate surface area is 122 Å². The number of aromatic nitrogens is 2. The fourth-order valence-corrected chi connectivity index (χ4v) is 3.66. The second kappa shape index (κ2) is 5.87. The second-order valence-electron chi connectivity index (χ2n) is 5.02. The third-order valence-electron chi connectivity index (χ3n) is 3.81. The molecule has 7 heteroatoms. The molecule has 1 aromatic rings. The highest BCUT2D eigenvalue weighted by Crippen LogP contribution is 2.26. The molecule has 6 nitrogen and oxygen atoms in total. The molecule has 2 aliphatic heterocycles. The number of anilines is 2. The van der Waals surface area contributed by atoms with E-state index in [1.165, 1.54) is 0 Å². The summed E-state index contributed by atoms with van der Waals surface area (Å²) in [5.74, 6) is 3.10. The Morgan fingerprint density at radius 3 is 2.75 bits per heavy atom. The van der Waals surface area contributed by atoms with E-state index in [0.29, 0.717) is 6.42 Å². The van der Waals surface area contributed by atoms with Crippen molar-refractivity contribution in [2.45, 2.75) is 18.9 Å². The summed E-state index contributed by atoms with van der Waals surface area (Å²) in [7, 11) is 0. The number of carboxylic acids is 1. The average Bonchev–Trinajstić information content (AvgIpc) is 2.98. The van der Waals surface area contributed by atoms with Crippen molar-refractivity contribution >= 4 is 29.4 Å². The second-order valence-corrected chi connectivity index (χ2v) is 6.25. The molecule has 1 N–H and O–H groups in total. The van der Waals surface area contributed by atoms with Crippen LogP contribution >= 0.6 is 11.8 Å². The lowest BCUT2D eigenvalue weighted by molar-refractivity contribution is -0.138. The van der Waals surface area contributed by atoms with Gasteiger partial charge in [0.25, 0.3) is 0 Å². The van der Waals surface area contributed by atoms with E-state index in [1.54, 1.807) is 6.33 Å². The largest absolute Gasteiger partial charge is 0.480 e. The molecule has 20 heavy (non-hydrogen) atoms.